The van der Waals surface area contributed by atoms with Crippen molar-refractivity contribution in [2.45, 2.75) is 38.5 Å². The largest absolute Gasteiger partial charge is 0.375 e. The molecule has 0 radical (unpaired) electrons. The van der Waals surface area contributed by atoms with Gasteiger partial charge in [0, 0.05) is 18.3 Å². The second kappa shape index (κ2) is 9.64. The van der Waals surface area contributed by atoms with Crippen molar-refractivity contribution in [3.63, 3.8) is 0 Å². The first-order valence-corrected chi connectivity index (χ1v) is 7.94. The van der Waals surface area contributed by atoms with Gasteiger partial charge in [0.15, 0.2) is 0 Å². The third-order valence-corrected chi connectivity index (χ3v) is 4.38. The monoisotopic (exact) mass is 341 g/mol. The van der Waals surface area contributed by atoms with E-state index in [4.69, 9.17) is 0 Å². The molecule has 1 rings (SSSR count). The Morgan fingerprint density at radius 3 is 2.63 bits per heavy atom. The molecule has 0 saturated heterocycles. The zero-order chi connectivity index (χ0) is 14.1. The minimum absolute atomic E-state index is 0.0582. The Labute approximate surface area is 121 Å². The number of halogens is 3. The average molecular weight is 342 g/mol. The minimum Gasteiger partial charge on any atom is -0.375 e. The van der Waals surface area contributed by atoms with E-state index in [0.29, 0.717) is 18.4 Å². The van der Waals surface area contributed by atoms with Crippen molar-refractivity contribution in [3.8, 4) is 0 Å². The molecule has 0 aromatic rings. The first kappa shape index (κ1) is 16.8. The number of carbonyl (C=O) groups excluding carboxylic acids is 1. The molecule has 6 heteroatoms. The summed E-state index contributed by atoms with van der Waals surface area (Å²) in [5.74, 6) is 1.04. The molecule has 1 fully saturated rings. The van der Waals surface area contributed by atoms with E-state index >= 15 is 0 Å². The highest BCUT2D eigenvalue weighted by molar-refractivity contribution is 9.09. The molecule has 19 heavy (non-hydrogen) atoms. The zero-order valence-electron chi connectivity index (χ0n) is 11.0. The standard InChI is InChI=1S/C13H22BrF2NO2/c14-7-10-3-1-2-4-11(10)8-17-13(18)5-6-19-9-12(15)16/h10-12H,1-9H2,(H,17,18). The Morgan fingerprint density at radius 2 is 2.00 bits per heavy atom. The highest BCUT2D eigenvalue weighted by Crippen LogP contribution is 2.30. The van der Waals surface area contributed by atoms with E-state index in [1.807, 2.05) is 0 Å². The summed E-state index contributed by atoms with van der Waals surface area (Å²) in [7, 11) is 0. The first-order valence-electron chi connectivity index (χ1n) is 6.82. The fourth-order valence-corrected chi connectivity index (χ4v) is 3.28. The van der Waals surface area contributed by atoms with Crippen LogP contribution in [0.2, 0.25) is 0 Å². The van der Waals surface area contributed by atoms with E-state index in [0.717, 1.165) is 11.8 Å². The number of rotatable bonds is 8. The quantitative estimate of drug-likeness (QED) is 0.544. The second-order valence-corrected chi connectivity index (χ2v) is 5.63. The Bertz CT molecular complexity index is 267. The van der Waals surface area contributed by atoms with Gasteiger partial charge in [0.05, 0.1) is 6.61 Å². The molecule has 1 aliphatic carbocycles. The van der Waals surface area contributed by atoms with E-state index < -0.39 is 13.0 Å². The molecule has 1 amide bonds. The number of carbonyl (C=O) groups is 1. The number of ether oxygens (including phenoxy) is 1. The molecular weight excluding hydrogens is 320 g/mol. The van der Waals surface area contributed by atoms with Gasteiger partial charge in [0.1, 0.15) is 6.61 Å². The zero-order valence-corrected chi connectivity index (χ0v) is 12.6. The smallest absolute Gasteiger partial charge is 0.261 e. The van der Waals surface area contributed by atoms with E-state index in [1.54, 1.807) is 0 Å². The number of amides is 1. The van der Waals surface area contributed by atoms with Crippen molar-refractivity contribution in [2.24, 2.45) is 11.8 Å². The van der Waals surface area contributed by atoms with Gasteiger partial charge in [-0.25, -0.2) is 8.78 Å². The summed E-state index contributed by atoms with van der Waals surface area (Å²) in [4.78, 5) is 11.5. The molecule has 0 aromatic carbocycles. The minimum atomic E-state index is -2.47. The molecule has 2 unspecified atom stereocenters. The summed E-state index contributed by atoms with van der Waals surface area (Å²) in [6.45, 7) is 0.147. The topological polar surface area (TPSA) is 38.3 Å². The van der Waals surface area contributed by atoms with Crippen LogP contribution in [0.1, 0.15) is 32.1 Å². The van der Waals surface area contributed by atoms with Crippen LogP contribution >= 0.6 is 15.9 Å². The van der Waals surface area contributed by atoms with Gasteiger partial charge in [-0.2, -0.15) is 0 Å². The molecular formula is C13H22BrF2NO2. The summed E-state index contributed by atoms with van der Waals surface area (Å²) >= 11 is 3.52. The van der Waals surface area contributed by atoms with E-state index in [2.05, 4.69) is 26.0 Å². The van der Waals surface area contributed by atoms with Gasteiger partial charge < -0.3 is 10.1 Å². The number of alkyl halides is 3. The van der Waals surface area contributed by atoms with Crippen LogP contribution in [0.3, 0.4) is 0 Å². The number of hydrogen-bond donors (Lipinski definition) is 1. The molecule has 2 atom stereocenters. The van der Waals surface area contributed by atoms with Gasteiger partial charge in [0.25, 0.3) is 6.43 Å². The Hall–Kier alpha value is -0.230. The molecule has 1 aliphatic rings. The third-order valence-electron chi connectivity index (χ3n) is 3.54. The fraction of sp³-hybridized carbons (Fsp3) is 0.923. The molecule has 0 heterocycles. The van der Waals surface area contributed by atoms with Crippen LogP contribution in [-0.2, 0) is 9.53 Å². The van der Waals surface area contributed by atoms with Crippen LogP contribution < -0.4 is 5.32 Å². The maximum Gasteiger partial charge on any atom is 0.261 e. The fourth-order valence-electron chi connectivity index (χ4n) is 2.43. The average Bonchev–Trinajstić information content (AvgIpc) is 2.41. The van der Waals surface area contributed by atoms with Crippen molar-refractivity contribution in [3.05, 3.63) is 0 Å². The second-order valence-electron chi connectivity index (χ2n) is 4.98. The van der Waals surface area contributed by atoms with E-state index in [-0.39, 0.29) is 18.9 Å². The van der Waals surface area contributed by atoms with Crippen molar-refractivity contribution in [1.82, 2.24) is 5.32 Å². The van der Waals surface area contributed by atoms with Crippen LogP contribution in [0.15, 0.2) is 0 Å². The van der Waals surface area contributed by atoms with Gasteiger partial charge in [-0.05, 0) is 24.7 Å². The van der Waals surface area contributed by atoms with Crippen molar-refractivity contribution >= 4 is 21.8 Å². The maximum absolute atomic E-state index is 11.8. The van der Waals surface area contributed by atoms with Crippen molar-refractivity contribution < 1.29 is 18.3 Å². The van der Waals surface area contributed by atoms with Crippen LogP contribution in [0.5, 0.6) is 0 Å². The van der Waals surface area contributed by atoms with Gasteiger partial charge >= 0.3 is 0 Å². The maximum atomic E-state index is 11.8. The number of nitrogens with one attached hydrogen (secondary N) is 1. The molecule has 0 aliphatic heterocycles. The van der Waals surface area contributed by atoms with Crippen LogP contribution in [-0.4, -0.2) is 37.4 Å². The van der Waals surface area contributed by atoms with Crippen molar-refractivity contribution in [1.29, 1.82) is 0 Å². The van der Waals surface area contributed by atoms with Crippen molar-refractivity contribution in [2.75, 3.05) is 25.1 Å². The molecule has 0 bridgehead atoms. The Kier molecular flexibility index (Phi) is 8.53. The summed E-state index contributed by atoms with van der Waals surface area (Å²) in [5.41, 5.74) is 0. The lowest BCUT2D eigenvalue weighted by Crippen LogP contribution is -2.35. The lowest BCUT2D eigenvalue weighted by molar-refractivity contribution is -0.122. The number of hydrogen-bond acceptors (Lipinski definition) is 2. The summed E-state index contributed by atoms with van der Waals surface area (Å²) in [6.07, 6.45) is 2.54. The lowest BCUT2D eigenvalue weighted by Gasteiger charge is -2.30. The molecule has 3 nitrogen and oxygen atoms in total. The summed E-state index contributed by atoms with van der Waals surface area (Å²) < 4.78 is 28.3. The van der Waals surface area contributed by atoms with E-state index in [1.165, 1.54) is 19.3 Å². The first-order chi connectivity index (χ1) is 9.13. The Balaban J connectivity index is 2.11. The molecule has 0 aromatic heterocycles. The summed E-state index contributed by atoms with van der Waals surface area (Å²) in [6, 6.07) is 0. The van der Waals surface area contributed by atoms with Crippen LogP contribution in [0, 0.1) is 11.8 Å². The molecule has 1 N–H and O–H groups in total. The van der Waals surface area contributed by atoms with Gasteiger partial charge in [-0.3, -0.25) is 4.79 Å². The molecule has 0 spiro atoms. The van der Waals surface area contributed by atoms with Gasteiger partial charge in [-0.1, -0.05) is 28.8 Å². The van der Waals surface area contributed by atoms with E-state index in [9.17, 15) is 13.6 Å². The lowest BCUT2D eigenvalue weighted by atomic mass is 9.80. The van der Waals surface area contributed by atoms with Crippen LogP contribution in [0.4, 0.5) is 8.78 Å². The predicted octanol–water partition coefficient (Wildman–Crippen LogP) is 2.98. The highest BCUT2D eigenvalue weighted by atomic mass is 79.9. The highest BCUT2D eigenvalue weighted by Gasteiger charge is 2.24. The molecule has 112 valence electrons. The van der Waals surface area contributed by atoms with Gasteiger partial charge in [0.2, 0.25) is 5.91 Å². The SMILES string of the molecule is O=C(CCOCC(F)F)NCC1CCCCC1CBr. The molecule has 1 saturated carbocycles. The normalized spacial score (nSPS) is 23.6. The third kappa shape index (κ3) is 7.20. The summed E-state index contributed by atoms with van der Waals surface area (Å²) in [5, 5.41) is 3.85. The van der Waals surface area contributed by atoms with Gasteiger partial charge in [-0.15, -0.1) is 0 Å². The Morgan fingerprint density at radius 1 is 1.32 bits per heavy atom. The predicted molar refractivity (Wildman–Crippen MR) is 73.7 cm³/mol. The van der Waals surface area contributed by atoms with Crippen LogP contribution in [0.25, 0.3) is 0 Å².